The molecule has 0 unspecified atom stereocenters. The van der Waals surface area contributed by atoms with E-state index in [4.69, 9.17) is 4.42 Å². The molecule has 0 atom stereocenters. The fourth-order valence-corrected chi connectivity index (χ4v) is 3.08. The van der Waals surface area contributed by atoms with E-state index in [1.54, 1.807) is 30.3 Å². The molecule has 3 aromatic rings. The van der Waals surface area contributed by atoms with E-state index >= 15 is 0 Å². The average molecular weight is 329 g/mol. The van der Waals surface area contributed by atoms with Crippen molar-refractivity contribution in [3.8, 4) is 11.5 Å². The summed E-state index contributed by atoms with van der Waals surface area (Å²) in [5.41, 5.74) is 0.830. The van der Waals surface area contributed by atoms with E-state index in [9.17, 15) is 8.42 Å². The van der Waals surface area contributed by atoms with Gasteiger partial charge in [0.05, 0.1) is 4.90 Å². The molecule has 6 nitrogen and oxygen atoms in total. The van der Waals surface area contributed by atoms with Gasteiger partial charge in [-0.25, -0.2) is 13.1 Å². The van der Waals surface area contributed by atoms with Crippen molar-refractivity contribution in [2.75, 3.05) is 6.54 Å². The zero-order valence-corrected chi connectivity index (χ0v) is 13.0. The van der Waals surface area contributed by atoms with Crippen LogP contribution in [0.4, 0.5) is 0 Å². The SMILES string of the molecule is O=S(=O)(NCCc1nnc(-c2ccccc2)o1)c1ccccc1. The first-order chi connectivity index (χ1) is 11.1. The lowest BCUT2D eigenvalue weighted by Crippen LogP contribution is -2.26. The van der Waals surface area contributed by atoms with Crippen LogP contribution >= 0.6 is 0 Å². The Labute approximate surface area is 134 Å². The Bertz CT molecular complexity index is 862. The van der Waals surface area contributed by atoms with Gasteiger partial charge in [0.15, 0.2) is 0 Å². The summed E-state index contributed by atoms with van der Waals surface area (Å²) in [4.78, 5) is 0.232. The first kappa shape index (κ1) is 15.4. The zero-order valence-electron chi connectivity index (χ0n) is 12.2. The smallest absolute Gasteiger partial charge is 0.247 e. The maximum Gasteiger partial charge on any atom is 0.247 e. The van der Waals surface area contributed by atoms with Crippen LogP contribution in [0.3, 0.4) is 0 Å². The Balaban J connectivity index is 1.61. The molecule has 0 saturated carbocycles. The summed E-state index contributed by atoms with van der Waals surface area (Å²) in [5, 5.41) is 7.90. The van der Waals surface area contributed by atoms with Gasteiger partial charge in [0.25, 0.3) is 0 Å². The summed E-state index contributed by atoms with van der Waals surface area (Å²) in [6.07, 6.45) is 0.325. The van der Waals surface area contributed by atoms with E-state index in [2.05, 4.69) is 14.9 Å². The molecular weight excluding hydrogens is 314 g/mol. The van der Waals surface area contributed by atoms with Crippen molar-refractivity contribution in [1.29, 1.82) is 0 Å². The van der Waals surface area contributed by atoms with Crippen LogP contribution < -0.4 is 4.72 Å². The summed E-state index contributed by atoms with van der Waals surface area (Å²) in [5.74, 6) is 0.811. The van der Waals surface area contributed by atoms with E-state index in [1.807, 2.05) is 30.3 Å². The van der Waals surface area contributed by atoms with Crippen molar-refractivity contribution < 1.29 is 12.8 Å². The van der Waals surface area contributed by atoms with Crippen LogP contribution in [0.2, 0.25) is 0 Å². The minimum Gasteiger partial charge on any atom is -0.421 e. The quantitative estimate of drug-likeness (QED) is 0.750. The second-order valence-corrected chi connectivity index (χ2v) is 6.59. The molecule has 118 valence electrons. The van der Waals surface area contributed by atoms with Crippen LogP contribution in [0, 0.1) is 0 Å². The molecule has 1 N–H and O–H groups in total. The van der Waals surface area contributed by atoms with Crippen LogP contribution in [0.1, 0.15) is 5.89 Å². The van der Waals surface area contributed by atoms with Gasteiger partial charge < -0.3 is 4.42 Å². The third-order valence-electron chi connectivity index (χ3n) is 3.17. The number of aromatic nitrogens is 2. The summed E-state index contributed by atoms with van der Waals surface area (Å²) < 4.78 is 32.2. The highest BCUT2D eigenvalue weighted by atomic mass is 32.2. The topological polar surface area (TPSA) is 85.1 Å². The molecule has 0 saturated heterocycles. The minimum absolute atomic E-state index is 0.188. The highest BCUT2D eigenvalue weighted by Crippen LogP contribution is 2.17. The molecular formula is C16H15N3O3S. The molecule has 0 radical (unpaired) electrons. The molecule has 7 heteroatoms. The highest BCUT2D eigenvalue weighted by Gasteiger charge is 2.14. The Kier molecular flexibility index (Phi) is 4.50. The van der Waals surface area contributed by atoms with Crippen LogP contribution in [0.5, 0.6) is 0 Å². The average Bonchev–Trinajstić information content (AvgIpc) is 3.05. The number of hydrogen-bond donors (Lipinski definition) is 1. The molecule has 1 heterocycles. The normalized spacial score (nSPS) is 11.5. The predicted molar refractivity (Wildman–Crippen MR) is 85.1 cm³/mol. The molecule has 0 spiro atoms. The fraction of sp³-hybridized carbons (Fsp3) is 0.125. The van der Waals surface area contributed by atoms with Crippen molar-refractivity contribution in [2.45, 2.75) is 11.3 Å². The van der Waals surface area contributed by atoms with Gasteiger partial charge in [-0.3, -0.25) is 0 Å². The van der Waals surface area contributed by atoms with Gasteiger partial charge in [-0.05, 0) is 24.3 Å². The molecule has 2 aromatic carbocycles. The number of nitrogens with zero attached hydrogens (tertiary/aromatic N) is 2. The van der Waals surface area contributed by atoms with E-state index < -0.39 is 10.0 Å². The van der Waals surface area contributed by atoms with E-state index in [0.717, 1.165) is 5.56 Å². The van der Waals surface area contributed by atoms with Gasteiger partial charge in [-0.2, -0.15) is 0 Å². The van der Waals surface area contributed by atoms with Crippen LogP contribution in [0.15, 0.2) is 70.0 Å². The van der Waals surface area contributed by atoms with Crippen molar-refractivity contribution >= 4 is 10.0 Å². The van der Waals surface area contributed by atoms with Gasteiger partial charge in [-0.15, -0.1) is 10.2 Å². The maximum atomic E-state index is 12.1. The molecule has 0 fully saturated rings. The minimum atomic E-state index is -3.52. The highest BCUT2D eigenvalue weighted by molar-refractivity contribution is 7.89. The van der Waals surface area contributed by atoms with Crippen molar-refractivity contribution in [3.63, 3.8) is 0 Å². The molecule has 0 amide bonds. The second kappa shape index (κ2) is 6.72. The Morgan fingerprint density at radius 1 is 0.913 bits per heavy atom. The Morgan fingerprint density at radius 2 is 1.57 bits per heavy atom. The number of hydrogen-bond acceptors (Lipinski definition) is 5. The lowest BCUT2D eigenvalue weighted by Gasteiger charge is -2.04. The van der Waals surface area contributed by atoms with Gasteiger partial charge in [0.2, 0.25) is 21.8 Å². The Morgan fingerprint density at radius 3 is 2.26 bits per heavy atom. The van der Waals surface area contributed by atoms with Crippen LogP contribution in [-0.2, 0) is 16.4 Å². The first-order valence-electron chi connectivity index (χ1n) is 7.08. The summed E-state index contributed by atoms with van der Waals surface area (Å²) >= 11 is 0. The van der Waals surface area contributed by atoms with E-state index in [1.165, 1.54) is 0 Å². The number of sulfonamides is 1. The molecule has 1 aromatic heterocycles. The molecule has 3 rings (SSSR count). The third kappa shape index (κ3) is 3.82. The van der Waals surface area contributed by atoms with Crippen LogP contribution in [0.25, 0.3) is 11.5 Å². The summed E-state index contributed by atoms with van der Waals surface area (Å²) in [6, 6.07) is 17.6. The monoisotopic (exact) mass is 329 g/mol. The summed E-state index contributed by atoms with van der Waals surface area (Å²) in [7, 11) is -3.52. The molecule has 0 aliphatic rings. The number of nitrogens with one attached hydrogen (secondary N) is 1. The van der Waals surface area contributed by atoms with Gasteiger partial charge in [0, 0.05) is 18.5 Å². The van der Waals surface area contributed by atoms with E-state index in [0.29, 0.717) is 18.2 Å². The molecule has 23 heavy (non-hydrogen) atoms. The lowest BCUT2D eigenvalue weighted by atomic mass is 10.2. The Hall–Kier alpha value is -2.51. The fourth-order valence-electron chi connectivity index (χ4n) is 2.03. The van der Waals surface area contributed by atoms with Crippen molar-refractivity contribution in [2.24, 2.45) is 0 Å². The third-order valence-corrected chi connectivity index (χ3v) is 4.65. The predicted octanol–water partition coefficient (Wildman–Crippen LogP) is 2.26. The van der Waals surface area contributed by atoms with E-state index in [-0.39, 0.29) is 11.4 Å². The lowest BCUT2D eigenvalue weighted by molar-refractivity contribution is 0.502. The van der Waals surface area contributed by atoms with Gasteiger partial charge >= 0.3 is 0 Å². The molecule has 0 aliphatic heterocycles. The molecule has 0 bridgehead atoms. The van der Waals surface area contributed by atoms with Crippen LogP contribution in [-0.4, -0.2) is 25.2 Å². The number of benzene rings is 2. The largest absolute Gasteiger partial charge is 0.421 e. The van der Waals surface area contributed by atoms with Gasteiger partial charge in [-0.1, -0.05) is 36.4 Å². The summed E-state index contributed by atoms with van der Waals surface area (Å²) in [6.45, 7) is 0.188. The molecule has 0 aliphatic carbocycles. The zero-order chi connectivity index (χ0) is 16.1. The number of rotatable bonds is 6. The second-order valence-electron chi connectivity index (χ2n) is 4.83. The van der Waals surface area contributed by atoms with Gasteiger partial charge in [0.1, 0.15) is 0 Å². The van der Waals surface area contributed by atoms with Crippen molar-refractivity contribution in [1.82, 2.24) is 14.9 Å². The van der Waals surface area contributed by atoms with Crippen molar-refractivity contribution in [3.05, 3.63) is 66.6 Å². The first-order valence-corrected chi connectivity index (χ1v) is 8.56. The standard InChI is InChI=1S/C16H15N3O3S/c20-23(21,14-9-5-2-6-10-14)17-12-11-15-18-19-16(22-15)13-7-3-1-4-8-13/h1-10,17H,11-12H2. The maximum absolute atomic E-state index is 12.1.